The van der Waals surface area contributed by atoms with Crippen molar-refractivity contribution in [3.05, 3.63) is 37.3 Å². The van der Waals surface area contributed by atoms with Gasteiger partial charge in [0.1, 0.15) is 18.2 Å². The van der Waals surface area contributed by atoms with E-state index in [1.165, 1.54) is 12.4 Å². The van der Waals surface area contributed by atoms with Crippen LogP contribution >= 0.6 is 0 Å². The summed E-state index contributed by atoms with van der Waals surface area (Å²) in [6.45, 7) is 6.50. The van der Waals surface area contributed by atoms with Crippen LogP contribution < -0.4 is 16.4 Å². The SMILES string of the molecule is C=CC(N)N(c1ncnc([NH])n1)c1ncccc1N=NCCCCC. The molecule has 25 heavy (non-hydrogen) atoms. The number of nitrogens with two attached hydrogens (primary N) is 1. The largest absolute Gasteiger partial charge is 0.308 e. The first kappa shape index (κ1) is 18.4. The number of azo groups is 1. The predicted octanol–water partition coefficient (Wildman–Crippen LogP) is 3.06. The molecule has 0 bridgehead atoms. The number of aromatic nitrogens is 4. The fourth-order valence-corrected chi connectivity index (χ4v) is 2.09. The fraction of sp³-hybridized carbons (Fsp3) is 0.375. The Hall–Kier alpha value is -2.94. The zero-order valence-electron chi connectivity index (χ0n) is 14.2. The number of hydrogen-bond acceptors (Lipinski definition) is 8. The molecule has 0 aliphatic rings. The lowest BCUT2D eigenvalue weighted by Crippen LogP contribution is -2.38. The van der Waals surface area contributed by atoms with Gasteiger partial charge in [-0.25, -0.2) is 9.97 Å². The van der Waals surface area contributed by atoms with Gasteiger partial charge in [-0.2, -0.15) is 20.2 Å². The van der Waals surface area contributed by atoms with E-state index >= 15 is 0 Å². The summed E-state index contributed by atoms with van der Waals surface area (Å²) >= 11 is 0. The normalized spacial score (nSPS) is 12.2. The highest BCUT2D eigenvalue weighted by Gasteiger charge is 2.22. The highest BCUT2D eigenvalue weighted by atomic mass is 15.4. The second kappa shape index (κ2) is 9.38. The van der Waals surface area contributed by atoms with Crippen molar-refractivity contribution in [3.8, 4) is 0 Å². The lowest BCUT2D eigenvalue weighted by molar-refractivity contribution is 0.712. The number of unbranched alkanes of at least 4 members (excludes halogenated alkanes) is 2. The van der Waals surface area contributed by atoms with Gasteiger partial charge in [-0.05, 0) is 18.6 Å². The molecular formula is C16H22N9. The molecule has 3 N–H and O–H groups in total. The van der Waals surface area contributed by atoms with Crippen molar-refractivity contribution < 1.29 is 0 Å². The van der Waals surface area contributed by atoms with Gasteiger partial charge in [0.2, 0.25) is 11.9 Å². The minimum atomic E-state index is -0.647. The molecule has 2 heterocycles. The Morgan fingerprint density at radius 2 is 2.20 bits per heavy atom. The lowest BCUT2D eigenvalue weighted by atomic mass is 10.3. The van der Waals surface area contributed by atoms with Gasteiger partial charge in [0.15, 0.2) is 5.82 Å². The monoisotopic (exact) mass is 340 g/mol. The van der Waals surface area contributed by atoms with Gasteiger partial charge >= 0.3 is 0 Å². The molecule has 2 rings (SSSR count). The third-order valence-corrected chi connectivity index (χ3v) is 3.35. The van der Waals surface area contributed by atoms with E-state index in [2.05, 4.69) is 43.7 Å². The Labute approximate surface area is 146 Å². The molecule has 2 aromatic rings. The molecule has 0 spiro atoms. The molecule has 1 unspecified atom stereocenters. The van der Waals surface area contributed by atoms with Crippen LogP contribution in [0.25, 0.3) is 0 Å². The van der Waals surface area contributed by atoms with E-state index in [1.54, 1.807) is 23.2 Å². The summed E-state index contributed by atoms with van der Waals surface area (Å²) in [5.74, 6) is 0.484. The average molecular weight is 340 g/mol. The van der Waals surface area contributed by atoms with Crippen LogP contribution in [0.2, 0.25) is 0 Å². The highest BCUT2D eigenvalue weighted by molar-refractivity contribution is 5.68. The van der Waals surface area contributed by atoms with Crippen molar-refractivity contribution >= 4 is 23.4 Å². The van der Waals surface area contributed by atoms with Crippen LogP contribution in [0.1, 0.15) is 26.2 Å². The van der Waals surface area contributed by atoms with Gasteiger partial charge in [0.05, 0.1) is 6.54 Å². The van der Waals surface area contributed by atoms with Crippen LogP contribution in [0.5, 0.6) is 0 Å². The molecule has 1 radical (unpaired) electrons. The second-order valence-electron chi connectivity index (χ2n) is 5.22. The minimum absolute atomic E-state index is 0.162. The number of hydrogen-bond donors (Lipinski definition) is 1. The quantitative estimate of drug-likeness (QED) is 0.323. The molecule has 0 saturated carbocycles. The number of nitrogens with zero attached hydrogens (tertiary/aromatic N) is 7. The summed E-state index contributed by atoms with van der Waals surface area (Å²) in [6.07, 6.45) is 6.99. The van der Waals surface area contributed by atoms with Crippen LogP contribution in [0.4, 0.5) is 23.4 Å². The molecule has 2 aromatic heterocycles. The lowest BCUT2D eigenvalue weighted by Gasteiger charge is -2.26. The summed E-state index contributed by atoms with van der Waals surface area (Å²) < 4.78 is 0. The van der Waals surface area contributed by atoms with Gasteiger partial charge in [0, 0.05) is 6.20 Å². The van der Waals surface area contributed by atoms with E-state index in [1.807, 2.05) is 0 Å². The van der Waals surface area contributed by atoms with Gasteiger partial charge in [-0.15, -0.1) is 0 Å². The summed E-state index contributed by atoms with van der Waals surface area (Å²) in [7, 11) is 0. The van der Waals surface area contributed by atoms with E-state index < -0.39 is 6.17 Å². The molecule has 0 amide bonds. The Kier molecular flexibility index (Phi) is 6.90. The maximum absolute atomic E-state index is 7.60. The molecule has 0 fully saturated rings. The Morgan fingerprint density at radius 3 is 2.92 bits per heavy atom. The highest BCUT2D eigenvalue weighted by Crippen LogP contribution is 2.31. The topological polar surface area (TPSA) is 129 Å². The van der Waals surface area contributed by atoms with Crippen molar-refractivity contribution in [2.45, 2.75) is 32.4 Å². The first-order valence-electron chi connectivity index (χ1n) is 8.08. The fourth-order valence-electron chi connectivity index (χ4n) is 2.09. The van der Waals surface area contributed by atoms with E-state index in [0.29, 0.717) is 18.1 Å². The zero-order chi connectivity index (χ0) is 18.1. The Balaban J connectivity index is 2.36. The third-order valence-electron chi connectivity index (χ3n) is 3.35. The van der Waals surface area contributed by atoms with Crippen LogP contribution in [0, 0.1) is 0 Å². The zero-order valence-corrected chi connectivity index (χ0v) is 14.2. The summed E-state index contributed by atoms with van der Waals surface area (Å²) in [5, 5.41) is 8.50. The predicted molar refractivity (Wildman–Crippen MR) is 96.0 cm³/mol. The maximum atomic E-state index is 7.60. The average Bonchev–Trinajstić information content (AvgIpc) is 2.63. The van der Waals surface area contributed by atoms with Crippen molar-refractivity contribution in [1.29, 1.82) is 0 Å². The first-order chi connectivity index (χ1) is 12.2. The van der Waals surface area contributed by atoms with Crippen LogP contribution in [0.3, 0.4) is 0 Å². The second-order valence-corrected chi connectivity index (χ2v) is 5.22. The Morgan fingerprint density at radius 1 is 1.36 bits per heavy atom. The van der Waals surface area contributed by atoms with Crippen molar-refractivity contribution in [3.63, 3.8) is 0 Å². The minimum Gasteiger partial charge on any atom is -0.308 e. The standard InChI is InChI=1S/C16H22N9/c1-3-5-6-10-22-24-12-8-7-9-19-14(12)25(13(17)4-2)16-21-11-20-15(18)23-16/h4,7-9,11,13,18H,2-3,5-6,10,17H2,1H3. The van der Waals surface area contributed by atoms with Gasteiger partial charge in [-0.1, -0.05) is 32.4 Å². The van der Waals surface area contributed by atoms with Crippen molar-refractivity contribution in [2.24, 2.45) is 16.0 Å². The smallest absolute Gasteiger partial charge is 0.246 e. The van der Waals surface area contributed by atoms with Gasteiger partial charge in [-0.3, -0.25) is 10.6 Å². The summed E-state index contributed by atoms with van der Waals surface area (Å²) in [4.78, 5) is 17.7. The van der Waals surface area contributed by atoms with Crippen LogP contribution in [-0.4, -0.2) is 32.6 Å². The molecule has 0 saturated heterocycles. The number of rotatable bonds is 9. The van der Waals surface area contributed by atoms with E-state index in [4.69, 9.17) is 11.5 Å². The molecule has 0 aliphatic carbocycles. The van der Waals surface area contributed by atoms with Crippen LogP contribution in [-0.2, 0) is 0 Å². The molecule has 131 valence electrons. The van der Waals surface area contributed by atoms with Crippen molar-refractivity contribution in [2.75, 3.05) is 11.4 Å². The van der Waals surface area contributed by atoms with E-state index in [9.17, 15) is 0 Å². The van der Waals surface area contributed by atoms with Crippen LogP contribution in [0.15, 0.2) is 47.5 Å². The van der Waals surface area contributed by atoms with Gasteiger partial charge in [0.25, 0.3) is 0 Å². The third kappa shape index (κ3) is 5.01. The number of nitrogens with one attached hydrogen (secondary N) is 1. The van der Waals surface area contributed by atoms with E-state index in [0.717, 1.165) is 19.3 Å². The summed E-state index contributed by atoms with van der Waals surface area (Å²) in [5.41, 5.74) is 14.3. The van der Waals surface area contributed by atoms with Crippen molar-refractivity contribution in [1.82, 2.24) is 25.7 Å². The Bertz CT molecular complexity index is 716. The molecular weight excluding hydrogens is 318 g/mol. The number of pyridine rings is 1. The molecule has 9 nitrogen and oxygen atoms in total. The first-order valence-corrected chi connectivity index (χ1v) is 8.08. The molecule has 0 aliphatic heterocycles. The number of anilines is 2. The van der Waals surface area contributed by atoms with Gasteiger partial charge < -0.3 is 5.73 Å². The summed E-state index contributed by atoms with van der Waals surface area (Å²) in [6, 6.07) is 3.56. The maximum Gasteiger partial charge on any atom is 0.246 e. The molecule has 0 aromatic carbocycles. The van der Waals surface area contributed by atoms with E-state index in [-0.39, 0.29) is 11.9 Å². The molecule has 1 atom stereocenters. The molecule has 9 heteroatoms.